The molecule has 0 N–H and O–H groups in total. The van der Waals surface area contributed by atoms with Crippen molar-refractivity contribution in [1.82, 2.24) is 19.9 Å². The molecule has 108 valence electrons. The van der Waals surface area contributed by atoms with E-state index in [0.29, 0.717) is 5.82 Å². The zero-order valence-corrected chi connectivity index (χ0v) is 11.6. The van der Waals surface area contributed by atoms with Crippen molar-refractivity contribution >= 4 is 11.6 Å². The quantitative estimate of drug-likeness (QED) is 0.826. The highest BCUT2D eigenvalue weighted by molar-refractivity contribution is 5.52. The van der Waals surface area contributed by atoms with E-state index in [1.807, 2.05) is 13.0 Å². The molecule has 21 heavy (non-hydrogen) atoms. The first-order chi connectivity index (χ1) is 10.2. The smallest absolute Gasteiger partial charge is 0.183 e. The van der Waals surface area contributed by atoms with Gasteiger partial charge in [0, 0.05) is 24.8 Å². The van der Waals surface area contributed by atoms with Gasteiger partial charge in [-0.25, -0.2) is 24.3 Å². The highest BCUT2D eigenvalue weighted by Gasteiger charge is 2.46. The summed E-state index contributed by atoms with van der Waals surface area (Å²) in [7, 11) is 0. The van der Waals surface area contributed by atoms with Gasteiger partial charge in [-0.1, -0.05) is 0 Å². The first-order valence-electron chi connectivity index (χ1n) is 7.00. The van der Waals surface area contributed by atoms with Crippen LogP contribution in [0.3, 0.4) is 0 Å². The molecule has 7 heteroatoms. The van der Waals surface area contributed by atoms with E-state index in [4.69, 9.17) is 0 Å². The summed E-state index contributed by atoms with van der Waals surface area (Å²) in [6, 6.07) is 2.55. The molecule has 3 fully saturated rings. The minimum absolute atomic E-state index is 0.281. The standard InChI is InChI=1S/C14H15FN6/c1-9-2-13(18-8-17-9)20-5-10-3-11(6-20)21(10)14-12(15)4-16-7-19-14/h2,4,7-8,10-11H,3,5-6H2,1H3. The minimum atomic E-state index is -0.349. The van der Waals surface area contributed by atoms with E-state index >= 15 is 0 Å². The maximum Gasteiger partial charge on any atom is 0.183 e. The number of anilines is 2. The van der Waals surface area contributed by atoms with Gasteiger partial charge in [0.15, 0.2) is 11.6 Å². The second kappa shape index (κ2) is 4.61. The molecule has 2 aromatic heterocycles. The van der Waals surface area contributed by atoms with Crippen molar-refractivity contribution in [2.24, 2.45) is 0 Å². The van der Waals surface area contributed by atoms with Crippen molar-refractivity contribution in [3.05, 3.63) is 36.4 Å². The van der Waals surface area contributed by atoms with Gasteiger partial charge >= 0.3 is 0 Å². The van der Waals surface area contributed by atoms with Crippen LogP contribution in [0.25, 0.3) is 0 Å². The molecule has 2 aromatic rings. The molecule has 5 rings (SSSR count). The number of nitrogens with zero attached hydrogens (tertiary/aromatic N) is 6. The topological polar surface area (TPSA) is 58.0 Å². The molecule has 0 aliphatic carbocycles. The average Bonchev–Trinajstić information content (AvgIpc) is 2.49. The van der Waals surface area contributed by atoms with Gasteiger partial charge in [-0.05, 0) is 13.3 Å². The Bertz CT molecular complexity index is 666. The van der Waals surface area contributed by atoms with Gasteiger partial charge in [-0.15, -0.1) is 0 Å². The average molecular weight is 286 g/mol. The van der Waals surface area contributed by atoms with Crippen molar-refractivity contribution in [1.29, 1.82) is 0 Å². The Kier molecular flexibility index (Phi) is 2.73. The Balaban J connectivity index is 1.55. The first kappa shape index (κ1) is 12.4. The molecule has 3 aliphatic rings. The van der Waals surface area contributed by atoms with Gasteiger partial charge in [0.05, 0.1) is 18.3 Å². The lowest BCUT2D eigenvalue weighted by atomic mass is 9.87. The molecule has 3 aliphatic heterocycles. The number of halogens is 1. The fraction of sp³-hybridized carbons (Fsp3) is 0.429. The molecule has 2 bridgehead atoms. The monoisotopic (exact) mass is 286 g/mol. The number of rotatable bonds is 2. The summed E-state index contributed by atoms with van der Waals surface area (Å²) < 4.78 is 13.8. The molecule has 0 saturated carbocycles. The van der Waals surface area contributed by atoms with E-state index in [1.54, 1.807) is 6.33 Å². The highest BCUT2D eigenvalue weighted by atomic mass is 19.1. The Hall–Kier alpha value is -2.31. The van der Waals surface area contributed by atoms with Crippen molar-refractivity contribution in [3.8, 4) is 0 Å². The molecule has 0 radical (unpaired) electrons. The number of fused-ring (bicyclic) bond motifs is 2. The maximum atomic E-state index is 13.8. The number of piperazine rings is 1. The number of piperidine rings is 1. The highest BCUT2D eigenvalue weighted by Crippen LogP contribution is 2.37. The van der Waals surface area contributed by atoms with E-state index in [2.05, 4.69) is 29.7 Å². The van der Waals surface area contributed by atoms with Gasteiger partial charge in [-0.2, -0.15) is 0 Å². The van der Waals surface area contributed by atoms with Gasteiger partial charge in [0.25, 0.3) is 0 Å². The molecule has 0 amide bonds. The summed E-state index contributed by atoms with van der Waals surface area (Å²) >= 11 is 0. The second-order valence-electron chi connectivity index (χ2n) is 5.57. The van der Waals surface area contributed by atoms with Crippen molar-refractivity contribution < 1.29 is 4.39 Å². The molecular formula is C14H15FN6. The summed E-state index contributed by atoms with van der Waals surface area (Å²) in [5.41, 5.74) is 0.956. The minimum Gasteiger partial charge on any atom is -0.352 e. The summed E-state index contributed by atoms with van der Waals surface area (Å²) in [4.78, 5) is 20.6. The van der Waals surface area contributed by atoms with Crippen molar-refractivity contribution in [2.45, 2.75) is 25.4 Å². The SMILES string of the molecule is Cc1cc(N2CC3CC(C2)N3c2ncncc2F)ncn1. The van der Waals surface area contributed by atoms with Gasteiger partial charge in [-0.3, -0.25) is 0 Å². The lowest BCUT2D eigenvalue weighted by Gasteiger charge is -2.57. The molecule has 5 heterocycles. The van der Waals surface area contributed by atoms with Crippen LogP contribution < -0.4 is 9.80 Å². The summed E-state index contributed by atoms with van der Waals surface area (Å²) in [6.07, 6.45) is 5.29. The van der Waals surface area contributed by atoms with E-state index in [1.165, 1.54) is 12.5 Å². The second-order valence-corrected chi connectivity index (χ2v) is 5.57. The molecule has 3 saturated heterocycles. The predicted octanol–water partition coefficient (Wildman–Crippen LogP) is 1.18. The summed E-state index contributed by atoms with van der Waals surface area (Å²) in [5.74, 6) is 1.02. The summed E-state index contributed by atoms with van der Waals surface area (Å²) in [6.45, 7) is 3.62. The molecule has 2 unspecified atom stereocenters. The number of aromatic nitrogens is 4. The molecular weight excluding hydrogens is 271 g/mol. The van der Waals surface area contributed by atoms with Gasteiger partial charge < -0.3 is 9.80 Å². The van der Waals surface area contributed by atoms with Crippen LogP contribution in [-0.2, 0) is 0 Å². The fourth-order valence-electron chi connectivity index (χ4n) is 3.25. The van der Waals surface area contributed by atoms with E-state index in [9.17, 15) is 4.39 Å². The Morgan fingerprint density at radius 1 is 1.14 bits per heavy atom. The molecule has 2 atom stereocenters. The third-order valence-electron chi connectivity index (χ3n) is 4.20. The Morgan fingerprint density at radius 2 is 1.95 bits per heavy atom. The van der Waals surface area contributed by atoms with Gasteiger partial charge in [0.2, 0.25) is 0 Å². The Morgan fingerprint density at radius 3 is 2.67 bits per heavy atom. The molecule has 6 nitrogen and oxygen atoms in total. The van der Waals surface area contributed by atoms with Crippen LogP contribution in [0.15, 0.2) is 24.9 Å². The number of hydrogen-bond donors (Lipinski definition) is 0. The van der Waals surface area contributed by atoms with E-state index in [-0.39, 0.29) is 17.9 Å². The number of aryl methyl sites for hydroxylation is 1. The summed E-state index contributed by atoms with van der Waals surface area (Å²) in [5, 5.41) is 0. The Labute approximate surface area is 121 Å². The zero-order valence-electron chi connectivity index (χ0n) is 11.6. The zero-order chi connectivity index (χ0) is 14.4. The predicted molar refractivity (Wildman–Crippen MR) is 75.6 cm³/mol. The van der Waals surface area contributed by atoms with Crippen LogP contribution in [0.1, 0.15) is 12.1 Å². The lowest BCUT2D eigenvalue weighted by Crippen LogP contribution is -2.69. The van der Waals surface area contributed by atoms with E-state index in [0.717, 1.165) is 31.0 Å². The maximum absolute atomic E-state index is 13.8. The normalized spacial score (nSPS) is 23.9. The van der Waals surface area contributed by atoms with Crippen LogP contribution in [0, 0.1) is 12.7 Å². The van der Waals surface area contributed by atoms with E-state index < -0.39 is 0 Å². The fourth-order valence-corrected chi connectivity index (χ4v) is 3.25. The van der Waals surface area contributed by atoms with Crippen LogP contribution in [0.2, 0.25) is 0 Å². The van der Waals surface area contributed by atoms with Crippen molar-refractivity contribution in [2.75, 3.05) is 22.9 Å². The molecule has 0 aromatic carbocycles. The van der Waals surface area contributed by atoms with Crippen LogP contribution in [0.4, 0.5) is 16.0 Å². The largest absolute Gasteiger partial charge is 0.352 e. The first-order valence-corrected chi connectivity index (χ1v) is 7.00. The van der Waals surface area contributed by atoms with Gasteiger partial charge in [0.1, 0.15) is 18.5 Å². The number of hydrogen-bond acceptors (Lipinski definition) is 6. The van der Waals surface area contributed by atoms with Crippen LogP contribution in [0.5, 0.6) is 0 Å². The van der Waals surface area contributed by atoms with Crippen molar-refractivity contribution in [3.63, 3.8) is 0 Å². The van der Waals surface area contributed by atoms with Crippen LogP contribution >= 0.6 is 0 Å². The van der Waals surface area contributed by atoms with Crippen LogP contribution in [-0.4, -0.2) is 45.1 Å². The third kappa shape index (κ3) is 2.00. The molecule has 0 spiro atoms. The lowest BCUT2D eigenvalue weighted by molar-refractivity contribution is 0.284. The third-order valence-corrected chi connectivity index (χ3v) is 4.20.